The van der Waals surface area contributed by atoms with E-state index in [1.165, 1.54) is 0 Å². The van der Waals surface area contributed by atoms with Gasteiger partial charge in [0, 0.05) is 49.6 Å². The van der Waals surface area contributed by atoms with Gasteiger partial charge in [-0.15, -0.1) is 0 Å². The van der Waals surface area contributed by atoms with Crippen LogP contribution in [-0.2, 0) is 11.2 Å². The fourth-order valence-electron chi connectivity index (χ4n) is 5.86. The molecule has 9 heteroatoms. The zero-order valence-corrected chi connectivity index (χ0v) is 26.7. The lowest BCUT2D eigenvalue weighted by Gasteiger charge is -2.18. The SMILES string of the molecule is Cc1ccc2c(-c3ccnc(N[C@@H]4CN(C(=O)c5ccc(CC(=O)/C=C/CN(C)C)cc5)C[C@@H]4C)n3)c(-c3ccccc3)nn2c1. The minimum Gasteiger partial charge on any atom is -0.349 e. The molecule has 0 bridgehead atoms. The number of allylic oxidation sites excluding steroid dienone is 1. The van der Waals surface area contributed by atoms with Crippen molar-refractivity contribution in [3.63, 3.8) is 0 Å². The van der Waals surface area contributed by atoms with Crippen molar-refractivity contribution in [3.8, 4) is 22.5 Å². The van der Waals surface area contributed by atoms with Gasteiger partial charge in [0.25, 0.3) is 5.91 Å². The Morgan fingerprint density at radius 3 is 2.54 bits per heavy atom. The molecule has 9 nitrogen and oxygen atoms in total. The van der Waals surface area contributed by atoms with Crippen molar-refractivity contribution in [2.45, 2.75) is 26.3 Å². The van der Waals surface area contributed by atoms with Crippen LogP contribution >= 0.6 is 0 Å². The van der Waals surface area contributed by atoms with Crippen molar-refractivity contribution in [3.05, 3.63) is 114 Å². The Kier molecular flexibility index (Phi) is 9.03. The molecule has 0 spiro atoms. The van der Waals surface area contributed by atoms with Gasteiger partial charge in [0.2, 0.25) is 5.95 Å². The number of ketones is 1. The lowest BCUT2D eigenvalue weighted by molar-refractivity contribution is -0.114. The molecule has 1 aliphatic rings. The Bertz CT molecular complexity index is 1880. The number of likely N-dealkylation sites (N-methyl/N-ethyl adjacent to an activating group) is 1. The summed E-state index contributed by atoms with van der Waals surface area (Å²) < 4.78 is 1.92. The molecule has 1 fully saturated rings. The number of carbonyl (C=O) groups excluding carboxylic acids is 2. The van der Waals surface area contributed by atoms with Gasteiger partial charge in [-0.1, -0.05) is 61.5 Å². The van der Waals surface area contributed by atoms with E-state index in [0.717, 1.165) is 45.7 Å². The number of fused-ring (bicyclic) bond motifs is 1. The maximum atomic E-state index is 13.4. The summed E-state index contributed by atoms with van der Waals surface area (Å²) in [7, 11) is 3.92. The predicted molar refractivity (Wildman–Crippen MR) is 182 cm³/mol. The van der Waals surface area contributed by atoms with E-state index >= 15 is 0 Å². The van der Waals surface area contributed by atoms with Gasteiger partial charge in [-0.2, -0.15) is 5.10 Å². The van der Waals surface area contributed by atoms with Crippen molar-refractivity contribution in [1.29, 1.82) is 0 Å². The van der Waals surface area contributed by atoms with Crippen LogP contribution in [0.25, 0.3) is 28.0 Å². The highest BCUT2D eigenvalue weighted by molar-refractivity contribution is 5.95. The third kappa shape index (κ3) is 6.89. The molecule has 0 aliphatic carbocycles. The van der Waals surface area contributed by atoms with Gasteiger partial charge in [0.1, 0.15) is 5.69 Å². The first-order chi connectivity index (χ1) is 22.2. The minimum absolute atomic E-state index is 0.00908. The lowest BCUT2D eigenvalue weighted by atomic mass is 10.0. The zero-order valence-electron chi connectivity index (χ0n) is 26.7. The predicted octanol–water partition coefficient (Wildman–Crippen LogP) is 5.57. The normalized spacial score (nSPS) is 16.5. The summed E-state index contributed by atoms with van der Waals surface area (Å²) >= 11 is 0. The average Bonchev–Trinajstić information content (AvgIpc) is 3.61. The first kappa shape index (κ1) is 30.9. The van der Waals surface area contributed by atoms with Gasteiger partial charge >= 0.3 is 0 Å². The number of hydrogen-bond acceptors (Lipinski definition) is 7. The van der Waals surface area contributed by atoms with E-state index in [1.54, 1.807) is 12.3 Å². The van der Waals surface area contributed by atoms with Crippen LogP contribution in [-0.4, -0.2) is 80.8 Å². The number of amides is 1. The van der Waals surface area contributed by atoms with Crippen molar-refractivity contribution < 1.29 is 9.59 Å². The third-order valence-electron chi connectivity index (χ3n) is 8.30. The zero-order chi connectivity index (χ0) is 32.2. The molecule has 2 aromatic carbocycles. The maximum absolute atomic E-state index is 13.4. The molecule has 46 heavy (non-hydrogen) atoms. The number of anilines is 1. The Labute approximate surface area is 269 Å². The second-order valence-corrected chi connectivity index (χ2v) is 12.3. The first-order valence-corrected chi connectivity index (χ1v) is 15.6. The highest BCUT2D eigenvalue weighted by Crippen LogP contribution is 2.34. The number of likely N-dealkylation sites (tertiary alicyclic amines) is 1. The number of aryl methyl sites for hydroxylation is 1. The highest BCUT2D eigenvalue weighted by atomic mass is 16.2. The first-order valence-electron chi connectivity index (χ1n) is 15.6. The van der Waals surface area contributed by atoms with Crippen LogP contribution in [0.1, 0.15) is 28.4 Å². The standard InChI is InChI=1S/C37H39N7O2/c1-25-12-17-33-34(35(41-44(33)22-25)28-9-6-5-7-10-28)31-18-19-38-37(39-31)40-32-24-43(23-26(32)2)36(46)29-15-13-27(14-16-29)21-30(45)11-8-20-42(3)4/h5-19,22,26,32H,20-21,23-24H2,1-4H3,(H,38,39,40)/b11-8+/t26-,32+/m0/s1. The Morgan fingerprint density at radius 1 is 1.00 bits per heavy atom. The molecule has 0 radical (unpaired) electrons. The smallest absolute Gasteiger partial charge is 0.253 e. The second kappa shape index (κ2) is 13.5. The molecule has 5 aromatic rings. The molecule has 0 saturated carbocycles. The summed E-state index contributed by atoms with van der Waals surface area (Å²) in [5, 5.41) is 8.44. The summed E-state index contributed by atoms with van der Waals surface area (Å²) in [4.78, 5) is 39.1. The number of aromatic nitrogens is 4. The molecule has 1 amide bonds. The molecular formula is C37H39N7O2. The largest absolute Gasteiger partial charge is 0.349 e. The van der Waals surface area contributed by atoms with Crippen LogP contribution < -0.4 is 5.32 Å². The summed E-state index contributed by atoms with van der Waals surface area (Å²) in [5.74, 6) is 0.732. The fraction of sp³-hybridized carbons (Fsp3) is 0.270. The van der Waals surface area contributed by atoms with Gasteiger partial charge in [-0.3, -0.25) is 9.59 Å². The summed E-state index contributed by atoms with van der Waals surface area (Å²) in [6, 6.07) is 23.6. The maximum Gasteiger partial charge on any atom is 0.253 e. The van der Waals surface area contributed by atoms with Gasteiger partial charge in [0.05, 0.1) is 22.8 Å². The minimum atomic E-state index is -0.0243. The van der Waals surface area contributed by atoms with E-state index in [1.807, 2.05) is 89.2 Å². The van der Waals surface area contributed by atoms with Crippen molar-refractivity contribution in [2.75, 3.05) is 39.0 Å². The van der Waals surface area contributed by atoms with Crippen LogP contribution in [0.15, 0.2) is 97.3 Å². The van der Waals surface area contributed by atoms with Crippen LogP contribution in [0.3, 0.4) is 0 Å². The van der Waals surface area contributed by atoms with E-state index in [0.29, 0.717) is 31.0 Å². The number of nitrogens with one attached hydrogen (secondary N) is 1. The number of hydrogen-bond donors (Lipinski definition) is 1. The monoisotopic (exact) mass is 613 g/mol. The molecule has 2 atom stereocenters. The Morgan fingerprint density at radius 2 is 1.78 bits per heavy atom. The molecule has 4 heterocycles. The van der Waals surface area contributed by atoms with Crippen LogP contribution in [0, 0.1) is 12.8 Å². The molecule has 234 valence electrons. The van der Waals surface area contributed by atoms with Crippen LogP contribution in [0.2, 0.25) is 0 Å². The summed E-state index contributed by atoms with van der Waals surface area (Å²) in [6.07, 6.45) is 7.59. The van der Waals surface area contributed by atoms with E-state index in [9.17, 15) is 9.59 Å². The van der Waals surface area contributed by atoms with E-state index in [4.69, 9.17) is 10.1 Å². The topological polar surface area (TPSA) is 95.7 Å². The molecule has 1 saturated heterocycles. The van der Waals surface area contributed by atoms with Gasteiger partial charge in [-0.05, 0) is 68.4 Å². The molecule has 1 N–H and O–H groups in total. The Balaban J connectivity index is 1.16. The molecule has 3 aromatic heterocycles. The number of pyridine rings is 1. The van der Waals surface area contributed by atoms with Gasteiger partial charge < -0.3 is 15.1 Å². The van der Waals surface area contributed by atoms with Gasteiger partial charge in [-0.25, -0.2) is 14.5 Å². The lowest BCUT2D eigenvalue weighted by Crippen LogP contribution is -2.32. The van der Waals surface area contributed by atoms with Crippen molar-refractivity contribution in [1.82, 2.24) is 29.4 Å². The van der Waals surface area contributed by atoms with E-state index < -0.39 is 0 Å². The molecular weight excluding hydrogens is 574 g/mol. The number of benzene rings is 2. The van der Waals surface area contributed by atoms with E-state index in [-0.39, 0.29) is 23.7 Å². The summed E-state index contributed by atoms with van der Waals surface area (Å²) in [5.41, 5.74) is 7.19. The van der Waals surface area contributed by atoms with E-state index in [2.05, 4.69) is 48.4 Å². The van der Waals surface area contributed by atoms with Crippen molar-refractivity contribution >= 4 is 23.2 Å². The number of nitrogens with zero attached hydrogens (tertiary/aromatic N) is 6. The van der Waals surface area contributed by atoms with Crippen LogP contribution in [0.4, 0.5) is 5.95 Å². The van der Waals surface area contributed by atoms with Crippen LogP contribution in [0.5, 0.6) is 0 Å². The molecule has 1 aliphatic heterocycles. The molecule has 6 rings (SSSR count). The van der Waals surface area contributed by atoms with Crippen molar-refractivity contribution in [2.24, 2.45) is 5.92 Å². The number of rotatable bonds is 10. The number of carbonyl (C=O) groups is 2. The quantitative estimate of drug-likeness (QED) is 0.206. The average molecular weight is 614 g/mol. The highest BCUT2D eigenvalue weighted by Gasteiger charge is 2.33. The third-order valence-corrected chi connectivity index (χ3v) is 8.30. The Hall–Kier alpha value is -5.15. The second-order valence-electron chi connectivity index (χ2n) is 12.3. The summed E-state index contributed by atoms with van der Waals surface area (Å²) in [6.45, 7) is 6.07. The van der Waals surface area contributed by atoms with Gasteiger partial charge in [0.15, 0.2) is 5.78 Å². The molecule has 0 unspecified atom stereocenters. The fourth-order valence-corrected chi connectivity index (χ4v) is 5.86.